The fourth-order valence-electron chi connectivity index (χ4n) is 3.17. The minimum atomic E-state index is -0.793. The van der Waals surface area contributed by atoms with Crippen molar-refractivity contribution in [1.82, 2.24) is 4.90 Å². The first-order chi connectivity index (χ1) is 15.0. The van der Waals surface area contributed by atoms with E-state index in [0.717, 1.165) is 12.8 Å². The molecule has 0 saturated heterocycles. The molecule has 2 atom stereocenters. The van der Waals surface area contributed by atoms with Gasteiger partial charge in [-0.05, 0) is 43.7 Å². The van der Waals surface area contributed by atoms with E-state index < -0.39 is 18.2 Å². The Kier molecular flexibility index (Phi) is 11.5. The second kappa shape index (κ2) is 14.4. The first kappa shape index (κ1) is 24.7. The van der Waals surface area contributed by atoms with Crippen LogP contribution < -0.4 is 9.47 Å². The summed E-state index contributed by atoms with van der Waals surface area (Å²) >= 11 is 0. The van der Waals surface area contributed by atoms with Crippen molar-refractivity contribution in [3.8, 4) is 11.5 Å². The van der Waals surface area contributed by atoms with E-state index in [4.69, 9.17) is 14.6 Å². The Bertz CT molecular complexity index is 676. The molecule has 2 aromatic carbocycles. The molecule has 0 bridgehead atoms. The molecule has 7 nitrogen and oxygen atoms in total. The zero-order valence-corrected chi connectivity index (χ0v) is 17.8. The number of carboxylic acids is 1. The number of benzene rings is 2. The van der Waals surface area contributed by atoms with E-state index in [1.165, 1.54) is 0 Å². The van der Waals surface area contributed by atoms with Crippen molar-refractivity contribution < 1.29 is 29.6 Å². The number of rotatable bonds is 16. The molecule has 0 spiro atoms. The molecule has 0 amide bonds. The Morgan fingerprint density at radius 1 is 0.774 bits per heavy atom. The van der Waals surface area contributed by atoms with Crippen molar-refractivity contribution >= 4 is 5.97 Å². The van der Waals surface area contributed by atoms with Crippen LogP contribution in [0.3, 0.4) is 0 Å². The van der Waals surface area contributed by atoms with Crippen molar-refractivity contribution in [2.24, 2.45) is 0 Å². The molecule has 2 unspecified atom stereocenters. The van der Waals surface area contributed by atoms with Crippen LogP contribution in [-0.2, 0) is 4.79 Å². The largest absolute Gasteiger partial charge is 0.491 e. The van der Waals surface area contributed by atoms with Gasteiger partial charge >= 0.3 is 5.97 Å². The third-order valence-corrected chi connectivity index (χ3v) is 4.67. The standard InChI is InChI=1S/C24H33NO6/c26-20(18-30-22-10-4-1-5-11-22)16-25(15-9-3-8-14-24(28)29)17-21(27)19-31-23-12-6-2-7-13-23/h1-2,4-7,10-13,20-21,26-27H,3,8-9,14-19H2,(H,28,29). The van der Waals surface area contributed by atoms with Crippen LogP contribution in [0.2, 0.25) is 0 Å². The van der Waals surface area contributed by atoms with Gasteiger partial charge in [0.1, 0.15) is 36.9 Å². The third-order valence-electron chi connectivity index (χ3n) is 4.67. The number of para-hydroxylation sites is 2. The highest BCUT2D eigenvalue weighted by Gasteiger charge is 2.17. The van der Waals surface area contributed by atoms with Crippen LogP contribution in [0.1, 0.15) is 25.7 Å². The third kappa shape index (κ3) is 11.4. The average molecular weight is 432 g/mol. The van der Waals surface area contributed by atoms with Crippen molar-refractivity contribution in [2.45, 2.75) is 37.9 Å². The van der Waals surface area contributed by atoms with Gasteiger partial charge in [-0.25, -0.2) is 0 Å². The molecular weight excluding hydrogens is 398 g/mol. The minimum Gasteiger partial charge on any atom is -0.491 e. The summed E-state index contributed by atoms with van der Waals surface area (Å²) in [5.41, 5.74) is 0. The van der Waals surface area contributed by atoms with Gasteiger partial charge in [-0.15, -0.1) is 0 Å². The predicted octanol–water partition coefficient (Wildman–Crippen LogP) is 2.81. The van der Waals surface area contributed by atoms with Gasteiger partial charge in [0.25, 0.3) is 0 Å². The van der Waals surface area contributed by atoms with Crippen LogP contribution in [0, 0.1) is 0 Å². The molecule has 2 aromatic rings. The summed E-state index contributed by atoms with van der Waals surface area (Å²) in [7, 11) is 0. The molecule has 0 radical (unpaired) electrons. The fraction of sp³-hybridized carbons (Fsp3) is 0.458. The van der Waals surface area contributed by atoms with Gasteiger partial charge in [0.15, 0.2) is 0 Å². The molecule has 31 heavy (non-hydrogen) atoms. The van der Waals surface area contributed by atoms with Crippen LogP contribution in [0.25, 0.3) is 0 Å². The quantitative estimate of drug-likeness (QED) is 0.352. The van der Waals surface area contributed by atoms with Gasteiger partial charge < -0.3 is 24.8 Å². The number of nitrogens with zero attached hydrogens (tertiary/aromatic N) is 1. The molecule has 0 aliphatic rings. The average Bonchev–Trinajstić information content (AvgIpc) is 2.77. The number of unbranched alkanes of at least 4 members (excludes halogenated alkanes) is 2. The van der Waals surface area contributed by atoms with E-state index in [-0.39, 0.29) is 19.6 Å². The number of hydrogen-bond donors (Lipinski definition) is 3. The Balaban J connectivity index is 1.79. The highest BCUT2D eigenvalue weighted by molar-refractivity contribution is 5.66. The molecule has 0 fully saturated rings. The van der Waals surface area contributed by atoms with Crippen molar-refractivity contribution in [1.29, 1.82) is 0 Å². The molecule has 2 rings (SSSR count). The van der Waals surface area contributed by atoms with E-state index >= 15 is 0 Å². The number of carboxylic acid groups (broad SMARTS) is 1. The lowest BCUT2D eigenvalue weighted by molar-refractivity contribution is -0.137. The summed E-state index contributed by atoms with van der Waals surface area (Å²) in [6.45, 7) is 1.62. The number of ether oxygens (including phenoxy) is 2. The molecule has 170 valence electrons. The maximum absolute atomic E-state index is 10.7. The van der Waals surface area contributed by atoms with Crippen LogP contribution in [0.4, 0.5) is 0 Å². The summed E-state index contributed by atoms with van der Waals surface area (Å²) in [6, 6.07) is 18.6. The molecule has 7 heteroatoms. The van der Waals surface area contributed by atoms with Gasteiger partial charge in [0.2, 0.25) is 0 Å². The molecule has 0 aliphatic heterocycles. The molecule has 3 N–H and O–H groups in total. The fourth-order valence-corrected chi connectivity index (χ4v) is 3.17. The molecule has 0 heterocycles. The van der Waals surface area contributed by atoms with Crippen LogP contribution >= 0.6 is 0 Å². The maximum Gasteiger partial charge on any atom is 0.303 e. The summed E-state index contributed by atoms with van der Waals surface area (Å²) in [5, 5.41) is 29.6. The number of carbonyl (C=O) groups is 1. The van der Waals surface area contributed by atoms with E-state index in [2.05, 4.69) is 0 Å². The second-order valence-corrected chi connectivity index (χ2v) is 7.52. The van der Waals surface area contributed by atoms with Gasteiger partial charge in [0, 0.05) is 19.5 Å². The van der Waals surface area contributed by atoms with Crippen molar-refractivity contribution in [2.75, 3.05) is 32.8 Å². The van der Waals surface area contributed by atoms with Gasteiger partial charge in [-0.1, -0.05) is 42.8 Å². The summed E-state index contributed by atoms with van der Waals surface area (Å²) in [6.07, 6.45) is 0.883. The van der Waals surface area contributed by atoms with Gasteiger partial charge in [0.05, 0.1) is 0 Å². The smallest absolute Gasteiger partial charge is 0.303 e. The van der Waals surface area contributed by atoms with Crippen LogP contribution in [-0.4, -0.2) is 71.2 Å². The summed E-state index contributed by atoms with van der Waals surface area (Å²) in [4.78, 5) is 12.6. The second-order valence-electron chi connectivity index (χ2n) is 7.52. The van der Waals surface area contributed by atoms with Crippen molar-refractivity contribution in [3.63, 3.8) is 0 Å². The number of aliphatic hydroxyl groups is 2. The van der Waals surface area contributed by atoms with Crippen LogP contribution in [0.15, 0.2) is 60.7 Å². The summed E-state index contributed by atoms with van der Waals surface area (Å²) < 4.78 is 11.2. The molecule has 0 aliphatic carbocycles. The van der Waals surface area contributed by atoms with E-state index in [9.17, 15) is 15.0 Å². The lowest BCUT2D eigenvalue weighted by atomic mass is 10.1. The number of hydrogen-bond acceptors (Lipinski definition) is 6. The maximum atomic E-state index is 10.7. The van der Waals surface area contributed by atoms with Gasteiger partial charge in [-0.3, -0.25) is 9.69 Å². The Morgan fingerprint density at radius 2 is 1.26 bits per heavy atom. The SMILES string of the molecule is O=C(O)CCCCCN(CC(O)COc1ccccc1)CC(O)COc1ccccc1. The topological polar surface area (TPSA) is 99.5 Å². The number of aliphatic hydroxyl groups excluding tert-OH is 2. The molecule has 0 aromatic heterocycles. The molecule has 0 saturated carbocycles. The highest BCUT2D eigenvalue weighted by atomic mass is 16.5. The van der Waals surface area contributed by atoms with E-state index in [0.29, 0.717) is 37.6 Å². The Morgan fingerprint density at radius 3 is 1.71 bits per heavy atom. The lowest BCUT2D eigenvalue weighted by Gasteiger charge is -2.27. The lowest BCUT2D eigenvalue weighted by Crippen LogP contribution is -2.42. The van der Waals surface area contributed by atoms with Crippen LogP contribution in [0.5, 0.6) is 11.5 Å². The zero-order valence-electron chi connectivity index (χ0n) is 17.8. The highest BCUT2D eigenvalue weighted by Crippen LogP contribution is 2.11. The first-order valence-corrected chi connectivity index (χ1v) is 10.7. The normalized spacial score (nSPS) is 13.0. The molecular formula is C24H33NO6. The Hall–Kier alpha value is -2.61. The predicted molar refractivity (Wildman–Crippen MR) is 118 cm³/mol. The monoisotopic (exact) mass is 431 g/mol. The minimum absolute atomic E-state index is 0.149. The summed E-state index contributed by atoms with van der Waals surface area (Å²) in [5.74, 6) is 0.593. The first-order valence-electron chi connectivity index (χ1n) is 10.7. The van der Waals surface area contributed by atoms with Crippen molar-refractivity contribution in [3.05, 3.63) is 60.7 Å². The number of aliphatic carboxylic acids is 1. The van der Waals surface area contributed by atoms with Gasteiger partial charge in [-0.2, -0.15) is 0 Å². The van der Waals surface area contributed by atoms with E-state index in [1.807, 2.05) is 65.6 Å². The van der Waals surface area contributed by atoms with E-state index in [1.54, 1.807) is 0 Å². The Labute approximate surface area is 183 Å². The zero-order chi connectivity index (χ0) is 22.3.